The van der Waals surface area contributed by atoms with Crippen LogP contribution in [0.2, 0.25) is 0 Å². The SMILES string of the molecule is CCc1cc(CNC2CCN(CCc3c(F)cnc4ccc(OC)nc34)CC2)cc2c1OCCO2.Cl. The van der Waals surface area contributed by atoms with E-state index in [1.807, 2.05) is 6.07 Å². The van der Waals surface area contributed by atoms with Gasteiger partial charge in [-0.15, -0.1) is 12.4 Å². The summed E-state index contributed by atoms with van der Waals surface area (Å²) in [5.74, 6) is 1.94. The number of ether oxygens (including phenoxy) is 3. The molecule has 3 aromatic rings. The van der Waals surface area contributed by atoms with Crippen LogP contribution in [-0.2, 0) is 19.4 Å². The molecule has 1 aromatic carbocycles. The highest BCUT2D eigenvalue weighted by Crippen LogP contribution is 2.35. The lowest BCUT2D eigenvalue weighted by Crippen LogP contribution is -2.42. The zero-order chi connectivity index (χ0) is 24.2. The van der Waals surface area contributed by atoms with Gasteiger partial charge in [0.2, 0.25) is 5.88 Å². The molecule has 1 saturated heterocycles. The van der Waals surface area contributed by atoms with E-state index >= 15 is 0 Å². The third kappa shape index (κ3) is 5.82. The summed E-state index contributed by atoms with van der Waals surface area (Å²) in [6, 6.07) is 8.38. The number of hydrogen-bond acceptors (Lipinski definition) is 7. The van der Waals surface area contributed by atoms with Crippen molar-refractivity contribution < 1.29 is 18.6 Å². The van der Waals surface area contributed by atoms with Gasteiger partial charge in [-0.3, -0.25) is 4.98 Å². The summed E-state index contributed by atoms with van der Waals surface area (Å²) in [6.45, 7) is 6.95. The van der Waals surface area contributed by atoms with E-state index in [1.54, 1.807) is 13.2 Å². The number of pyridine rings is 2. The number of aryl methyl sites for hydroxylation is 1. The van der Waals surface area contributed by atoms with Gasteiger partial charge in [-0.1, -0.05) is 13.0 Å². The second kappa shape index (κ2) is 12.0. The predicted molar refractivity (Wildman–Crippen MR) is 140 cm³/mol. The van der Waals surface area contributed by atoms with Gasteiger partial charge in [0.05, 0.1) is 24.3 Å². The minimum Gasteiger partial charge on any atom is -0.486 e. The number of methoxy groups -OCH3 is 1. The van der Waals surface area contributed by atoms with Gasteiger partial charge in [0.1, 0.15) is 19.0 Å². The van der Waals surface area contributed by atoms with Crippen molar-refractivity contribution in [2.24, 2.45) is 0 Å². The van der Waals surface area contributed by atoms with Crippen molar-refractivity contribution in [2.45, 2.75) is 45.2 Å². The molecule has 2 aliphatic rings. The maximum atomic E-state index is 14.6. The van der Waals surface area contributed by atoms with Crippen LogP contribution in [0.4, 0.5) is 4.39 Å². The van der Waals surface area contributed by atoms with Crippen LogP contribution < -0.4 is 19.5 Å². The fourth-order valence-corrected chi connectivity index (χ4v) is 4.98. The molecule has 36 heavy (non-hydrogen) atoms. The fourth-order valence-electron chi connectivity index (χ4n) is 4.98. The molecule has 194 valence electrons. The molecule has 0 radical (unpaired) electrons. The molecule has 0 bridgehead atoms. The summed E-state index contributed by atoms with van der Waals surface area (Å²) in [5.41, 5.74) is 4.33. The monoisotopic (exact) mass is 516 g/mol. The molecular formula is C27H34ClFN4O3. The van der Waals surface area contributed by atoms with Crippen LogP contribution in [0.15, 0.2) is 30.5 Å². The lowest BCUT2D eigenvalue weighted by Gasteiger charge is -2.32. The molecular weight excluding hydrogens is 483 g/mol. The normalized spacial score (nSPS) is 16.1. The van der Waals surface area contributed by atoms with E-state index in [0.717, 1.165) is 56.9 Å². The van der Waals surface area contributed by atoms with Crippen LogP contribution in [0.25, 0.3) is 11.0 Å². The zero-order valence-corrected chi connectivity index (χ0v) is 21.7. The number of aromatic nitrogens is 2. The second-order valence-corrected chi connectivity index (χ2v) is 9.19. The van der Waals surface area contributed by atoms with Gasteiger partial charge < -0.3 is 24.4 Å². The number of rotatable bonds is 8. The summed E-state index contributed by atoms with van der Waals surface area (Å²) < 4.78 is 31.5. The molecule has 2 aliphatic heterocycles. The van der Waals surface area contributed by atoms with Crippen LogP contribution in [0, 0.1) is 5.82 Å². The van der Waals surface area contributed by atoms with Crippen LogP contribution >= 0.6 is 12.4 Å². The minimum atomic E-state index is -0.305. The van der Waals surface area contributed by atoms with Crippen molar-refractivity contribution in [3.63, 3.8) is 0 Å². The number of nitrogens with zero attached hydrogens (tertiary/aromatic N) is 3. The number of likely N-dealkylation sites (tertiary alicyclic amines) is 1. The third-order valence-electron chi connectivity index (χ3n) is 6.97. The van der Waals surface area contributed by atoms with Gasteiger partial charge in [0.25, 0.3) is 0 Å². The van der Waals surface area contributed by atoms with Gasteiger partial charge in [-0.2, -0.15) is 0 Å². The summed E-state index contributed by atoms with van der Waals surface area (Å²) in [6.07, 6.45) is 4.95. The van der Waals surface area contributed by atoms with Crippen LogP contribution in [0.1, 0.15) is 36.5 Å². The molecule has 0 amide bonds. The molecule has 2 aromatic heterocycles. The Labute approximate surface area is 217 Å². The lowest BCUT2D eigenvalue weighted by atomic mass is 10.0. The standard InChI is InChI=1S/C27H33FN4O3.ClH/c1-3-19-14-18(15-24-27(19)35-13-12-34-24)16-29-20-6-9-32(10-7-20)11-8-21-22(28)17-30-23-4-5-25(33-2)31-26(21)23;/h4-5,14-15,17,20,29H,3,6-13,16H2,1-2H3;1H. The molecule has 1 N–H and O–H groups in total. The zero-order valence-electron chi connectivity index (χ0n) is 20.9. The van der Waals surface area contributed by atoms with Crippen molar-refractivity contribution in [3.8, 4) is 17.4 Å². The van der Waals surface area contributed by atoms with Gasteiger partial charge >= 0.3 is 0 Å². The molecule has 0 atom stereocenters. The Morgan fingerprint density at radius 2 is 1.97 bits per heavy atom. The van der Waals surface area contributed by atoms with E-state index in [0.29, 0.717) is 48.2 Å². The average Bonchev–Trinajstić information content (AvgIpc) is 2.91. The van der Waals surface area contributed by atoms with Crippen LogP contribution in [0.3, 0.4) is 0 Å². The first-order valence-corrected chi connectivity index (χ1v) is 12.5. The highest BCUT2D eigenvalue weighted by molar-refractivity contribution is 5.85. The van der Waals surface area contributed by atoms with Crippen LogP contribution in [0.5, 0.6) is 17.4 Å². The van der Waals surface area contributed by atoms with Crippen molar-refractivity contribution in [3.05, 3.63) is 53.0 Å². The van der Waals surface area contributed by atoms with E-state index in [9.17, 15) is 4.39 Å². The molecule has 7 nitrogen and oxygen atoms in total. The number of hydrogen-bond donors (Lipinski definition) is 1. The Hall–Kier alpha value is -2.68. The fraction of sp³-hybridized carbons (Fsp3) is 0.481. The summed E-state index contributed by atoms with van der Waals surface area (Å²) in [7, 11) is 1.56. The summed E-state index contributed by atoms with van der Waals surface area (Å²) in [4.78, 5) is 11.0. The first-order chi connectivity index (χ1) is 17.1. The highest BCUT2D eigenvalue weighted by atomic mass is 35.5. The largest absolute Gasteiger partial charge is 0.486 e. The number of halogens is 2. The topological polar surface area (TPSA) is 68.7 Å². The third-order valence-corrected chi connectivity index (χ3v) is 6.97. The molecule has 9 heteroatoms. The Kier molecular flexibility index (Phi) is 8.82. The van der Waals surface area contributed by atoms with E-state index in [1.165, 1.54) is 17.3 Å². The average molecular weight is 517 g/mol. The van der Waals surface area contributed by atoms with Crippen LogP contribution in [-0.4, -0.2) is 60.9 Å². The van der Waals surface area contributed by atoms with Crippen molar-refractivity contribution in [1.29, 1.82) is 0 Å². The van der Waals surface area contributed by atoms with Gasteiger partial charge in [-0.05, 0) is 62.0 Å². The van der Waals surface area contributed by atoms with Crippen molar-refractivity contribution in [1.82, 2.24) is 20.2 Å². The quantitative estimate of drug-likeness (QED) is 0.478. The highest BCUT2D eigenvalue weighted by Gasteiger charge is 2.21. The molecule has 0 spiro atoms. The van der Waals surface area contributed by atoms with E-state index in [2.05, 4.69) is 39.2 Å². The van der Waals surface area contributed by atoms with E-state index in [4.69, 9.17) is 14.2 Å². The summed E-state index contributed by atoms with van der Waals surface area (Å²) in [5, 5.41) is 3.72. The number of piperidine rings is 1. The number of fused-ring (bicyclic) bond motifs is 2. The Bertz CT molecular complexity index is 1170. The van der Waals surface area contributed by atoms with E-state index < -0.39 is 0 Å². The summed E-state index contributed by atoms with van der Waals surface area (Å²) >= 11 is 0. The van der Waals surface area contributed by atoms with Gasteiger partial charge in [-0.25, -0.2) is 9.37 Å². The molecule has 4 heterocycles. The molecule has 5 rings (SSSR count). The smallest absolute Gasteiger partial charge is 0.213 e. The van der Waals surface area contributed by atoms with E-state index in [-0.39, 0.29) is 18.2 Å². The van der Waals surface area contributed by atoms with Crippen molar-refractivity contribution >= 4 is 23.4 Å². The van der Waals surface area contributed by atoms with Gasteiger partial charge in [0.15, 0.2) is 11.5 Å². The molecule has 0 unspecified atom stereocenters. The first kappa shape index (κ1) is 26.4. The van der Waals surface area contributed by atoms with Crippen molar-refractivity contribution in [2.75, 3.05) is 40.0 Å². The number of benzene rings is 1. The second-order valence-electron chi connectivity index (χ2n) is 9.19. The molecule has 0 aliphatic carbocycles. The molecule has 1 fully saturated rings. The molecule has 0 saturated carbocycles. The number of nitrogens with one attached hydrogen (secondary N) is 1. The van der Waals surface area contributed by atoms with Gasteiger partial charge in [0, 0.05) is 30.8 Å². The predicted octanol–water partition coefficient (Wildman–Crippen LogP) is 4.33. The Balaban J connectivity index is 0.00000304. The Morgan fingerprint density at radius 3 is 2.75 bits per heavy atom. The Morgan fingerprint density at radius 1 is 1.17 bits per heavy atom. The lowest BCUT2D eigenvalue weighted by molar-refractivity contribution is 0.169. The minimum absolute atomic E-state index is 0. The first-order valence-electron chi connectivity index (χ1n) is 12.5. The maximum Gasteiger partial charge on any atom is 0.213 e. The maximum absolute atomic E-state index is 14.6.